The van der Waals surface area contributed by atoms with Gasteiger partial charge >= 0.3 is 0 Å². The van der Waals surface area contributed by atoms with Crippen molar-refractivity contribution < 1.29 is 4.74 Å². The molecule has 0 spiro atoms. The van der Waals surface area contributed by atoms with E-state index in [0.717, 1.165) is 39.2 Å². The molecule has 0 saturated carbocycles. The monoisotopic (exact) mass is 256 g/mol. The smallest absolute Gasteiger partial charge is 0.0474 e. The number of aryl methyl sites for hydroxylation is 1. The minimum atomic E-state index is 0.853. The molecule has 4 heteroatoms. The zero-order valence-corrected chi connectivity index (χ0v) is 12.0. The van der Waals surface area contributed by atoms with Gasteiger partial charge in [-0.2, -0.15) is 0 Å². The van der Waals surface area contributed by atoms with E-state index in [4.69, 9.17) is 4.74 Å². The predicted octanol–water partition coefficient (Wildman–Crippen LogP) is 2.11. The molecule has 17 heavy (non-hydrogen) atoms. The molecule has 1 rings (SSSR count). The highest BCUT2D eigenvalue weighted by Crippen LogP contribution is 2.14. The summed E-state index contributed by atoms with van der Waals surface area (Å²) in [5, 5.41) is 3.47. The Labute approximate surface area is 109 Å². The highest BCUT2D eigenvalue weighted by Gasteiger charge is 1.99. The summed E-state index contributed by atoms with van der Waals surface area (Å²) in [4.78, 5) is 5.15. The number of rotatable bonds is 9. The average Bonchev–Trinajstić information content (AvgIpc) is 2.71. The highest BCUT2D eigenvalue weighted by molar-refractivity contribution is 7.11. The maximum Gasteiger partial charge on any atom is 0.0474 e. The van der Waals surface area contributed by atoms with Gasteiger partial charge in [0.1, 0.15) is 0 Å². The van der Waals surface area contributed by atoms with Gasteiger partial charge in [-0.15, -0.1) is 11.3 Å². The van der Waals surface area contributed by atoms with Crippen molar-refractivity contribution in [2.45, 2.75) is 19.9 Å². The van der Waals surface area contributed by atoms with E-state index in [1.165, 1.54) is 9.75 Å². The Morgan fingerprint density at radius 3 is 2.82 bits per heavy atom. The second-order valence-electron chi connectivity index (χ2n) is 4.34. The molecule has 0 saturated heterocycles. The number of ether oxygens (including phenoxy) is 1. The maximum absolute atomic E-state index is 5.04. The summed E-state index contributed by atoms with van der Waals surface area (Å²) in [7, 11) is 3.91. The zero-order valence-electron chi connectivity index (χ0n) is 11.2. The Balaban J connectivity index is 2.00. The molecule has 0 aliphatic rings. The van der Waals surface area contributed by atoms with Crippen LogP contribution in [-0.2, 0) is 11.3 Å². The van der Waals surface area contributed by atoms with Crippen molar-refractivity contribution in [3.63, 3.8) is 0 Å². The van der Waals surface area contributed by atoms with E-state index < -0.39 is 0 Å². The topological polar surface area (TPSA) is 24.5 Å². The summed E-state index contributed by atoms with van der Waals surface area (Å²) in [6, 6.07) is 4.38. The van der Waals surface area contributed by atoms with Crippen LogP contribution in [0.25, 0.3) is 0 Å². The molecule has 0 amide bonds. The molecule has 0 aliphatic carbocycles. The molecule has 3 nitrogen and oxygen atoms in total. The van der Waals surface area contributed by atoms with Crippen molar-refractivity contribution in [1.82, 2.24) is 10.2 Å². The minimum absolute atomic E-state index is 0.853. The first-order valence-electron chi connectivity index (χ1n) is 6.16. The lowest BCUT2D eigenvalue weighted by molar-refractivity contribution is 0.179. The number of nitrogens with one attached hydrogen (secondary N) is 1. The van der Waals surface area contributed by atoms with Crippen molar-refractivity contribution >= 4 is 11.3 Å². The van der Waals surface area contributed by atoms with E-state index in [0.29, 0.717) is 0 Å². The summed E-state index contributed by atoms with van der Waals surface area (Å²) in [5.41, 5.74) is 0. The molecule has 1 aromatic rings. The zero-order chi connectivity index (χ0) is 12.5. The molecule has 1 N–H and O–H groups in total. The maximum atomic E-state index is 5.04. The molecular formula is C13H24N2OS. The Bertz CT molecular complexity index is 301. The van der Waals surface area contributed by atoms with Gasteiger partial charge in [0.25, 0.3) is 0 Å². The SMILES string of the molecule is COCCCN(C)CCNCc1ccc(C)s1. The van der Waals surface area contributed by atoms with E-state index in [-0.39, 0.29) is 0 Å². The Hall–Kier alpha value is -0.420. The molecule has 98 valence electrons. The van der Waals surface area contributed by atoms with Gasteiger partial charge in [-0.3, -0.25) is 0 Å². The van der Waals surface area contributed by atoms with Crippen LogP contribution in [0.4, 0.5) is 0 Å². The number of hydrogen-bond acceptors (Lipinski definition) is 4. The van der Waals surface area contributed by atoms with Crippen LogP contribution in [-0.4, -0.2) is 45.3 Å². The van der Waals surface area contributed by atoms with Gasteiger partial charge in [-0.25, -0.2) is 0 Å². The lowest BCUT2D eigenvalue weighted by Crippen LogP contribution is -2.30. The number of hydrogen-bond donors (Lipinski definition) is 1. The Morgan fingerprint density at radius 2 is 2.18 bits per heavy atom. The van der Waals surface area contributed by atoms with E-state index in [1.54, 1.807) is 7.11 Å². The van der Waals surface area contributed by atoms with Crippen LogP contribution in [0, 0.1) is 6.92 Å². The quantitative estimate of drug-likeness (QED) is 0.685. The van der Waals surface area contributed by atoms with Crippen LogP contribution < -0.4 is 5.32 Å². The first-order chi connectivity index (χ1) is 8.22. The fraction of sp³-hybridized carbons (Fsp3) is 0.692. The second kappa shape index (κ2) is 8.64. The van der Waals surface area contributed by atoms with Gasteiger partial charge in [-0.1, -0.05) is 0 Å². The number of methoxy groups -OCH3 is 1. The third kappa shape index (κ3) is 6.78. The van der Waals surface area contributed by atoms with Crippen molar-refractivity contribution in [3.8, 4) is 0 Å². The molecule has 0 radical (unpaired) electrons. The van der Waals surface area contributed by atoms with E-state index in [9.17, 15) is 0 Å². The molecule has 1 aromatic heterocycles. The lowest BCUT2D eigenvalue weighted by atomic mass is 10.4. The minimum Gasteiger partial charge on any atom is -0.385 e. The van der Waals surface area contributed by atoms with Crippen LogP contribution in [0.2, 0.25) is 0 Å². The molecule has 0 unspecified atom stereocenters. The molecule has 0 atom stereocenters. The van der Waals surface area contributed by atoms with Gasteiger partial charge in [-0.05, 0) is 32.5 Å². The van der Waals surface area contributed by atoms with Gasteiger partial charge in [0.2, 0.25) is 0 Å². The average molecular weight is 256 g/mol. The van der Waals surface area contributed by atoms with Gasteiger partial charge in [0, 0.05) is 49.6 Å². The fourth-order valence-corrected chi connectivity index (χ4v) is 2.51. The summed E-state index contributed by atoms with van der Waals surface area (Å²) in [5.74, 6) is 0. The molecule has 0 aliphatic heterocycles. The van der Waals surface area contributed by atoms with Crippen LogP contribution in [0.5, 0.6) is 0 Å². The van der Waals surface area contributed by atoms with Crippen LogP contribution in [0.15, 0.2) is 12.1 Å². The number of thiophene rings is 1. The molecule has 0 aromatic carbocycles. The summed E-state index contributed by atoms with van der Waals surface area (Å²) in [6.45, 7) is 7.23. The fourth-order valence-electron chi connectivity index (χ4n) is 1.65. The first-order valence-corrected chi connectivity index (χ1v) is 6.97. The third-order valence-corrected chi connectivity index (χ3v) is 3.65. The standard InChI is InChI=1S/C13H24N2OS/c1-12-5-6-13(17-12)11-14-7-9-15(2)8-4-10-16-3/h5-6,14H,4,7-11H2,1-3H3. The van der Waals surface area contributed by atoms with Gasteiger partial charge in [0.15, 0.2) is 0 Å². The molecule has 0 bridgehead atoms. The lowest BCUT2D eigenvalue weighted by Gasteiger charge is -2.16. The van der Waals surface area contributed by atoms with Crippen molar-refractivity contribution in [1.29, 1.82) is 0 Å². The largest absolute Gasteiger partial charge is 0.385 e. The van der Waals surface area contributed by atoms with Crippen LogP contribution in [0.1, 0.15) is 16.2 Å². The molecule has 1 heterocycles. The molecular weight excluding hydrogens is 232 g/mol. The van der Waals surface area contributed by atoms with E-state index in [2.05, 4.69) is 36.3 Å². The second-order valence-corrected chi connectivity index (χ2v) is 5.71. The van der Waals surface area contributed by atoms with Crippen molar-refractivity contribution in [2.24, 2.45) is 0 Å². The third-order valence-electron chi connectivity index (χ3n) is 2.65. The Kier molecular flexibility index (Phi) is 7.44. The normalized spacial score (nSPS) is 11.3. The van der Waals surface area contributed by atoms with Gasteiger partial charge in [0.05, 0.1) is 0 Å². The van der Waals surface area contributed by atoms with Crippen LogP contribution in [0.3, 0.4) is 0 Å². The van der Waals surface area contributed by atoms with Crippen molar-refractivity contribution in [2.75, 3.05) is 40.4 Å². The van der Waals surface area contributed by atoms with Crippen LogP contribution >= 0.6 is 11.3 Å². The number of nitrogens with zero attached hydrogens (tertiary/aromatic N) is 1. The first kappa shape index (κ1) is 14.6. The highest BCUT2D eigenvalue weighted by atomic mass is 32.1. The van der Waals surface area contributed by atoms with E-state index in [1.807, 2.05) is 11.3 Å². The van der Waals surface area contributed by atoms with E-state index >= 15 is 0 Å². The summed E-state index contributed by atoms with van der Waals surface area (Å²) < 4.78 is 5.04. The predicted molar refractivity (Wildman–Crippen MR) is 74.8 cm³/mol. The summed E-state index contributed by atoms with van der Waals surface area (Å²) >= 11 is 1.87. The number of likely N-dealkylation sites (N-methyl/N-ethyl adjacent to an activating group) is 1. The van der Waals surface area contributed by atoms with Crippen molar-refractivity contribution in [3.05, 3.63) is 21.9 Å². The van der Waals surface area contributed by atoms with Gasteiger partial charge < -0.3 is 15.0 Å². The molecule has 0 fully saturated rings. The Morgan fingerprint density at radius 1 is 1.35 bits per heavy atom. The summed E-state index contributed by atoms with van der Waals surface area (Å²) in [6.07, 6.45) is 1.11.